The monoisotopic (exact) mass is 297 g/mol. The normalized spacial score (nSPS) is 10.2. The van der Waals surface area contributed by atoms with E-state index < -0.39 is 10.8 Å². The van der Waals surface area contributed by atoms with Gasteiger partial charge >= 0.3 is 5.00 Å². The number of nitro groups is 1. The first-order valence-corrected chi connectivity index (χ1v) is 6.34. The van der Waals surface area contributed by atoms with Crippen molar-refractivity contribution in [2.75, 3.05) is 5.32 Å². The molecule has 0 fully saturated rings. The molecule has 19 heavy (non-hydrogen) atoms. The zero-order valence-corrected chi connectivity index (χ0v) is 11.3. The quantitative estimate of drug-likeness (QED) is 0.535. The van der Waals surface area contributed by atoms with Crippen LogP contribution in [-0.4, -0.2) is 15.8 Å². The number of carbonyl (C=O) groups excluding carboxylic acids is 1. The van der Waals surface area contributed by atoms with Crippen molar-refractivity contribution in [2.24, 2.45) is 0 Å². The van der Waals surface area contributed by atoms with Crippen LogP contribution in [0.25, 0.3) is 0 Å². The average molecular weight is 298 g/mol. The van der Waals surface area contributed by atoms with Gasteiger partial charge in [-0.05, 0) is 24.6 Å². The number of halogens is 1. The molecule has 0 bridgehead atoms. The zero-order chi connectivity index (χ0) is 14.0. The molecule has 0 aliphatic heterocycles. The van der Waals surface area contributed by atoms with Gasteiger partial charge in [0.2, 0.25) is 0 Å². The topological polar surface area (TPSA) is 85.1 Å². The Morgan fingerprint density at radius 2 is 2.26 bits per heavy atom. The van der Waals surface area contributed by atoms with Crippen molar-refractivity contribution in [2.45, 2.75) is 6.92 Å². The number of nitrogens with zero attached hydrogens (tertiary/aromatic N) is 2. The first kappa shape index (κ1) is 13.4. The molecule has 0 unspecified atom stereocenters. The summed E-state index contributed by atoms with van der Waals surface area (Å²) in [4.78, 5) is 26.1. The maximum Gasteiger partial charge on any atom is 0.324 e. The van der Waals surface area contributed by atoms with Crippen molar-refractivity contribution in [3.8, 4) is 0 Å². The van der Waals surface area contributed by atoms with Gasteiger partial charge in [-0.15, -0.1) is 0 Å². The van der Waals surface area contributed by atoms with E-state index >= 15 is 0 Å². The molecule has 6 nitrogen and oxygen atoms in total. The van der Waals surface area contributed by atoms with Gasteiger partial charge in [0.15, 0.2) is 5.15 Å². The SMILES string of the molecule is Cc1cnc(Cl)c(NC(=O)c2ccc([N+](=O)[O-])s2)c1. The summed E-state index contributed by atoms with van der Waals surface area (Å²) >= 11 is 6.66. The molecule has 0 atom stereocenters. The van der Waals surface area contributed by atoms with Crippen molar-refractivity contribution in [1.29, 1.82) is 0 Å². The highest BCUT2D eigenvalue weighted by Gasteiger charge is 2.16. The number of carbonyl (C=O) groups is 1. The number of rotatable bonds is 3. The van der Waals surface area contributed by atoms with Gasteiger partial charge in [-0.1, -0.05) is 22.9 Å². The molecule has 0 spiro atoms. The third-order valence-corrected chi connectivity index (χ3v) is 3.56. The fraction of sp³-hybridized carbons (Fsp3) is 0.0909. The smallest absolute Gasteiger partial charge is 0.319 e. The molecule has 0 aromatic carbocycles. The second kappa shape index (κ2) is 5.33. The van der Waals surface area contributed by atoms with Crippen LogP contribution >= 0.6 is 22.9 Å². The molecule has 0 saturated carbocycles. The molecule has 0 aliphatic rings. The third kappa shape index (κ3) is 3.07. The predicted molar refractivity (Wildman–Crippen MR) is 72.9 cm³/mol. The lowest BCUT2D eigenvalue weighted by Gasteiger charge is -2.05. The van der Waals surface area contributed by atoms with Crippen LogP contribution in [0.5, 0.6) is 0 Å². The van der Waals surface area contributed by atoms with E-state index in [9.17, 15) is 14.9 Å². The van der Waals surface area contributed by atoms with Crippen molar-refractivity contribution in [1.82, 2.24) is 4.98 Å². The number of amides is 1. The molecule has 2 heterocycles. The van der Waals surface area contributed by atoms with E-state index in [0.29, 0.717) is 5.69 Å². The summed E-state index contributed by atoms with van der Waals surface area (Å²) < 4.78 is 0. The number of hydrogen-bond acceptors (Lipinski definition) is 5. The van der Waals surface area contributed by atoms with Gasteiger partial charge in [0.05, 0.1) is 15.5 Å². The lowest BCUT2D eigenvalue weighted by atomic mass is 10.3. The maximum absolute atomic E-state index is 11.9. The van der Waals surface area contributed by atoms with Gasteiger partial charge in [-0.3, -0.25) is 14.9 Å². The summed E-state index contributed by atoms with van der Waals surface area (Å²) in [7, 11) is 0. The predicted octanol–water partition coefficient (Wildman–Crippen LogP) is 3.27. The highest BCUT2D eigenvalue weighted by Crippen LogP contribution is 2.26. The van der Waals surface area contributed by atoms with Gasteiger partial charge in [-0.25, -0.2) is 4.98 Å². The zero-order valence-electron chi connectivity index (χ0n) is 9.71. The second-order valence-electron chi connectivity index (χ2n) is 3.70. The van der Waals surface area contributed by atoms with Crippen LogP contribution in [0.4, 0.5) is 10.7 Å². The van der Waals surface area contributed by atoms with Gasteiger partial charge in [0.1, 0.15) is 0 Å². The number of aromatic nitrogens is 1. The van der Waals surface area contributed by atoms with Crippen LogP contribution in [0.3, 0.4) is 0 Å². The maximum atomic E-state index is 11.9. The molecule has 2 rings (SSSR count). The Morgan fingerprint density at radius 1 is 1.53 bits per heavy atom. The number of thiophene rings is 1. The average Bonchev–Trinajstić information content (AvgIpc) is 2.83. The first-order valence-electron chi connectivity index (χ1n) is 5.15. The van der Waals surface area contributed by atoms with E-state index in [4.69, 9.17) is 11.6 Å². The fourth-order valence-electron chi connectivity index (χ4n) is 1.37. The third-order valence-electron chi connectivity index (χ3n) is 2.22. The molecule has 8 heteroatoms. The Bertz CT molecular complexity index is 656. The van der Waals surface area contributed by atoms with E-state index in [1.54, 1.807) is 12.3 Å². The summed E-state index contributed by atoms with van der Waals surface area (Å²) in [6.45, 7) is 1.81. The van der Waals surface area contributed by atoms with E-state index in [1.807, 2.05) is 6.92 Å². The molecule has 2 aromatic rings. The van der Waals surface area contributed by atoms with Crippen LogP contribution in [0.2, 0.25) is 5.15 Å². The number of aryl methyl sites for hydroxylation is 1. The summed E-state index contributed by atoms with van der Waals surface area (Å²) in [5.74, 6) is -0.451. The summed E-state index contributed by atoms with van der Waals surface area (Å²) in [5, 5.41) is 13.2. The number of anilines is 1. The molecule has 0 aliphatic carbocycles. The Balaban J connectivity index is 2.20. The van der Waals surface area contributed by atoms with Crippen molar-refractivity contribution in [3.05, 3.63) is 50.1 Å². The molecule has 1 N–H and O–H groups in total. The summed E-state index contributed by atoms with van der Waals surface area (Å²) in [6.07, 6.45) is 1.58. The standard InChI is InChI=1S/C11H8ClN3O3S/c1-6-4-7(10(12)13-5-6)14-11(16)8-2-3-9(19-8)15(17)18/h2-5H,1H3,(H,14,16). The first-order chi connectivity index (χ1) is 8.97. The van der Waals surface area contributed by atoms with Gasteiger partial charge in [-0.2, -0.15) is 0 Å². The summed E-state index contributed by atoms with van der Waals surface area (Å²) in [5.41, 5.74) is 1.22. The van der Waals surface area contributed by atoms with Crippen LogP contribution in [0, 0.1) is 17.0 Å². The molecule has 98 valence electrons. The number of hydrogen-bond donors (Lipinski definition) is 1. The summed E-state index contributed by atoms with van der Waals surface area (Å²) in [6, 6.07) is 4.36. The highest BCUT2D eigenvalue weighted by atomic mass is 35.5. The lowest BCUT2D eigenvalue weighted by molar-refractivity contribution is -0.380. The Kier molecular flexibility index (Phi) is 3.77. The lowest BCUT2D eigenvalue weighted by Crippen LogP contribution is -2.11. The second-order valence-corrected chi connectivity index (χ2v) is 5.12. The largest absolute Gasteiger partial charge is 0.324 e. The van der Waals surface area contributed by atoms with Gasteiger partial charge in [0.25, 0.3) is 5.91 Å². The minimum atomic E-state index is -0.539. The molecule has 2 aromatic heterocycles. The van der Waals surface area contributed by atoms with E-state index in [-0.39, 0.29) is 15.0 Å². The minimum absolute atomic E-state index is 0.0846. The fourth-order valence-corrected chi connectivity index (χ4v) is 2.24. The molecular weight excluding hydrogens is 290 g/mol. The van der Waals surface area contributed by atoms with E-state index in [1.165, 1.54) is 12.1 Å². The van der Waals surface area contributed by atoms with Crippen LogP contribution in [0.1, 0.15) is 15.2 Å². The van der Waals surface area contributed by atoms with Gasteiger partial charge in [0, 0.05) is 12.3 Å². The van der Waals surface area contributed by atoms with Crippen LogP contribution < -0.4 is 5.32 Å². The van der Waals surface area contributed by atoms with Crippen LogP contribution in [-0.2, 0) is 0 Å². The molecule has 1 amide bonds. The number of pyridine rings is 1. The molecule has 0 radical (unpaired) electrons. The molecular formula is C11H8ClN3O3S. The van der Waals surface area contributed by atoms with Crippen molar-refractivity contribution >= 4 is 39.5 Å². The van der Waals surface area contributed by atoms with E-state index in [0.717, 1.165) is 16.9 Å². The van der Waals surface area contributed by atoms with Crippen LogP contribution in [0.15, 0.2) is 24.4 Å². The Hall–Kier alpha value is -1.99. The Morgan fingerprint density at radius 3 is 2.89 bits per heavy atom. The minimum Gasteiger partial charge on any atom is -0.319 e. The Labute approximate surface area is 117 Å². The molecule has 0 saturated heterocycles. The van der Waals surface area contributed by atoms with Gasteiger partial charge < -0.3 is 5.32 Å². The van der Waals surface area contributed by atoms with Crippen molar-refractivity contribution < 1.29 is 9.72 Å². The number of nitrogens with one attached hydrogen (secondary N) is 1. The van der Waals surface area contributed by atoms with Crippen molar-refractivity contribution in [3.63, 3.8) is 0 Å². The highest BCUT2D eigenvalue weighted by molar-refractivity contribution is 7.17. The van der Waals surface area contributed by atoms with E-state index in [2.05, 4.69) is 10.3 Å².